The number of nitrogens with two attached hydrogens (primary N) is 1. The fourth-order valence-electron chi connectivity index (χ4n) is 1.79. The van der Waals surface area contributed by atoms with E-state index in [0.717, 1.165) is 28.3 Å². The second-order valence-electron chi connectivity index (χ2n) is 3.72. The van der Waals surface area contributed by atoms with Crippen molar-refractivity contribution in [2.45, 2.75) is 13.5 Å². The number of aromatic amines is 1. The number of H-pyrrole nitrogens is 1. The zero-order chi connectivity index (χ0) is 12.4. The Hall–Kier alpha value is -1.52. The van der Waals surface area contributed by atoms with Gasteiger partial charge in [-0.15, -0.1) is 0 Å². The molecular formula is C12H14ClN3O. The summed E-state index contributed by atoms with van der Waals surface area (Å²) in [6.07, 6.45) is 0. The van der Waals surface area contributed by atoms with Gasteiger partial charge < -0.3 is 10.5 Å². The molecule has 0 atom stereocenters. The number of rotatable bonds is 3. The summed E-state index contributed by atoms with van der Waals surface area (Å²) in [7, 11) is 1.62. The average molecular weight is 252 g/mol. The van der Waals surface area contributed by atoms with Gasteiger partial charge in [0.15, 0.2) is 0 Å². The molecule has 4 nitrogen and oxygen atoms in total. The summed E-state index contributed by atoms with van der Waals surface area (Å²) < 4.78 is 5.31. The zero-order valence-electron chi connectivity index (χ0n) is 9.75. The Morgan fingerprint density at radius 2 is 2.24 bits per heavy atom. The van der Waals surface area contributed by atoms with Crippen LogP contribution in [0.4, 0.5) is 0 Å². The molecule has 90 valence electrons. The van der Waals surface area contributed by atoms with E-state index < -0.39 is 0 Å². The molecular weight excluding hydrogens is 238 g/mol. The van der Waals surface area contributed by atoms with E-state index in [1.54, 1.807) is 13.2 Å². The Labute approximate surface area is 105 Å². The molecule has 0 amide bonds. The Balaban J connectivity index is 2.62. The molecule has 0 aliphatic heterocycles. The molecule has 17 heavy (non-hydrogen) atoms. The van der Waals surface area contributed by atoms with Crippen LogP contribution in [0.15, 0.2) is 18.2 Å². The average Bonchev–Trinajstić information content (AvgIpc) is 2.70. The van der Waals surface area contributed by atoms with Crippen LogP contribution >= 0.6 is 11.6 Å². The predicted molar refractivity (Wildman–Crippen MR) is 68.2 cm³/mol. The minimum absolute atomic E-state index is 0.424. The molecule has 0 bridgehead atoms. The molecule has 0 radical (unpaired) electrons. The summed E-state index contributed by atoms with van der Waals surface area (Å²) in [5.74, 6) is 0.732. The van der Waals surface area contributed by atoms with Gasteiger partial charge in [-0.2, -0.15) is 5.10 Å². The SMILES string of the molecule is COc1ccc(Cl)cc1-c1n[nH]c(C)c1CN. The molecule has 0 fully saturated rings. The van der Waals surface area contributed by atoms with Gasteiger partial charge in [0.05, 0.1) is 7.11 Å². The number of aromatic nitrogens is 2. The minimum atomic E-state index is 0.424. The Morgan fingerprint density at radius 3 is 2.88 bits per heavy atom. The maximum Gasteiger partial charge on any atom is 0.128 e. The van der Waals surface area contributed by atoms with Crippen LogP contribution in [-0.2, 0) is 6.54 Å². The fraction of sp³-hybridized carbons (Fsp3) is 0.250. The molecule has 0 unspecified atom stereocenters. The van der Waals surface area contributed by atoms with E-state index in [9.17, 15) is 0 Å². The summed E-state index contributed by atoms with van der Waals surface area (Å²) in [5, 5.41) is 7.83. The van der Waals surface area contributed by atoms with E-state index in [0.29, 0.717) is 11.6 Å². The molecule has 0 aliphatic rings. The van der Waals surface area contributed by atoms with Gasteiger partial charge in [-0.25, -0.2) is 0 Å². The van der Waals surface area contributed by atoms with Crippen molar-refractivity contribution in [1.29, 1.82) is 0 Å². The third kappa shape index (κ3) is 2.14. The lowest BCUT2D eigenvalue weighted by atomic mass is 10.1. The second-order valence-corrected chi connectivity index (χ2v) is 4.16. The van der Waals surface area contributed by atoms with Gasteiger partial charge in [0.2, 0.25) is 0 Å². The number of halogens is 1. The maximum absolute atomic E-state index is 6.00. The number of benzene rings is 1. The third-order valence-corrected chi connectivity index (χ3v) is 2.93. The lowest BCUT2D eigenvalue weighted by Gasteiger charge is -2.08. The number of hydrogen-bond acceptors (Lipinski definition) is 3. The molecule has 0 saturated carbocycles. The number of ether oxygens (including phenoxy) is 1. The summed E-state index contributed by atoms with van der Waals surface area (Å²) in [6.45, 7) is 2.36. The molecule has 5 heteroatoms. The van der Waals surface area contributed by atoms with Gasteiger partial charge in [0.1, 0.15) is 11.4 Å². The first-order chi connectivity index (χ1) is 8.17. The highest BCUT2D eigenvalue weighted by atomic mass is 35.5. The molecule has 3 N–H and O–H groups in total. The predicted octanol–water partition coefficient (Wildman–Crippen LogP) is 2.51. The highest BCUT2D eigenvalue weighted by molar-refractivity contribution is 6.31. The summed E-state index contributed by atoms with van der Waals surface area (Å²) >= 11 is 6.00. The van der Waals surface area contributed by atoms with Gasteiger partial charge in [0.25, 0.3) is 0 Å². The number of aryl methyl sites for hydroxylation is 1. The fourth-order valence-corrected chi connectivity index (χ4v) is 1.96. The largest absolute Gasteiger partial charge is 0.496 e. The highest BCUT2D eigenvalue weighted by Crippen LogP contribution is 2.33. The molecule has 0 aliphatic carbocycles. The third-order valence-electron chi connectivity index (χ3n) is 2.69. The van der Waals surface area contributed by atoms with Crippen LogP contribution in [0.5, 0.6) is 5.75 Å². The number of nitrogens with one attached hydrogen (secondary N) is 1. The van der Waals surface area contributed by atoms with E-state index in [-0.39, 0.29) is 0 Å². The van der Waals surface area contributed by atoms with Gasteiger partial charge >= 0.3 is 0 Å². The Bertz CT molecular complexity index is 537. The van der Waals surface area contributed by atoms with Crippen LogP contribution in [0.2, 0.25) is 5.02 Å². The molecule has 2 aromatic rings. The van der Waals surface area contributed by atoms with Crippen LogP contribution in [0.1, 0.15) is 11.3 Å². The van der Waals surface area contributed by atoms with Gasteiger partial charge in [0, 0.05) is 28.4 Å². The first-order valence-electron chi connectivity index (χ1n) is 5.25. The van der Waals surface area contributed by atoms with Crippen molar-refractivity contribution < 1.29 is 4.74 Å². The zero-order valence-corrected chi connectivity index (χ0v) is 10.5. The number of methoxy groups -OCH3 is 1. The van der Waals surface area contributed by atoms with Gasteiger partial charge in [-0.1, -0.05) is 11.6 Å². The normalized spacial score (nSPS) is 10.6. The lowest BCUT2D eigenvalue weighted by molar-refractivity contribution is 0.416. The molecule has 0 spiro atoms. The van der Waals surface area contributed by atoms with E-state index >= 15 is 0 Å². The molecule has 2 rings (SSSR count). The summed E-state index contributed by atoms with van der Waals surface area (Å²) in [5.41, 5.74) is 9.32. The van der Waals surface area contributed by atoms with Crippen molar-refractivity contribution in [3.05, 3.63) is 34.5 Å². The molecule has 1 heterocycles. The monoisotopic (exact) mass is 251 g/mol. The summed E-state index contributed by atoms with van der Waals surface area (Å²) in [6, 6.07) is 5.43. The maximum atomic E-state index is 6.00. The molecule has 1 aromatic carbocycles. The van der Waals surface area contributed by atoms with E-state index in [2.05, 4.69) is 10.2 Å². The Morgan fingerprint density at radius 1 is 1.47 bits per heavy atom. The smallest absolute Gasteiger partial charge is 0.128 e. The quantitative estimate of drug-likeness (QED) is 0.881. The van der Waals surface area contributed by atoms with E-state index in [1.807, 2.05) is 19.1 Å². The standard InChI is InChI=1S/C12H14ClN3O/c1-7-10(6-14)12(16-15-7)9-5-8(13)3-4-11(9)17-2/h3-5H,6,14H2,1-2H3,(H,15,16). The first kappa shape index (κ1) is 12.0. The second kappa shape index (κ2) is 4.77. The van der Waals surface area contributed by atoms with Crippen molar-refractivity contribution in [3.63, 3.8) is 0 Å². The van der Waals surface area contributed by atoms with Crippen molar-refractivity contribution >= 4 is 11.6 Å². The summed E-state index contributed by atoms with van der Waals surface area (Å²) in [4.78, 5) is 0. The number of nitrogens with zero attached hydrogens (tertiary/aromatic N) is 1. The first-order valence-corrected chi connectivity index (χ1v) is 5.63. The van der Waals surface area contributed by atoms with Crippen molar-refractivity contribution in [2.24, 2.45) is 5.73 Å². The van der Waals surface area contributed by atoms with Gasteiger partial charge in [-0.3, -0.25) is 5.10 Å². The van der Waals surface area contributed by atoms with Crippen LogP contribution in [0.3, 0.4) is 0 Å². The van der Waals surface area contributed by atoms with Crippen LogP contribution in [-0.4, -0.2) is 17.3 Å². The van der Waals surface area contributed by atoms with E-state index in [4.69, 9.17) is 22.1 Å². The van der Waals surface area contributed by atoms with Gasteiger partial charge in [-0.05, 0) is 25.1 Å². The van der Waals surface area contributed by atoms with Crippen molar-refractivity contribution in [1.82, 2.24) is 10.2 Å². The van der Waals surface area contributed by atoms with Crippen LogP contribution in [0, 0.1) is 6.92 Å². The van der Waals surface area contributed by atoms with Crippen LogP contribution < -0.4 is 10.5 Å². The Kier molecular flexibility index (Phi) is 3.36. The molecule has 0 saturated heterocycles. The van der Waals surface area contributed by atoms with E-state index in [1.165, 1.54) is 0 Å². The lowest BCUT2D eigenvalue weighted by Crippen LogP contribution is -1.99. The van der Waals surface area contributed by atoms with Crippen LogP contribution in [0.25, 0.3) is 11.3 Å². The number of hydrogen-bond donors (Lipinski definition) is 2. The molecule has 1 aromatic heterocycles. The highest BCUT2D eigenvalue weighted by Gasteiger charge is 2.15. The topological polar surface area (TPSA) is 63.9 Å². The van der Waals surface area contributed by atoms with Crippen molar-refractivity contribution in [3.8, 4) is 17.0 Å². The van der Waals surface area contributed by atoms with Crippen molar-refractivity contribution in [2.75, 3.05) is 7.11 Å². The minimum Gasteiger partial charge on any atom is -0.496 e.